The molecule has 0 aliphatic heterocycles. The average Bonchev–Trinajstić information content (AvgIpc) is 3.09. The summed E-state index contributed by atoms with van der Waals surface area (Å²) in [6.07, 6.45) is 0. The number of amides is 1. The highest BCUT2D eigenvalue weighted by Crippen LogP contribution is 2.27. The number of ether oxygens (including phenoxy) is 1. The highest BCUT2D eigenvalue weighted by atomic mass is 35.5. The van der Waals surface area contributed by atoms with Gasteiger partial charge in [-0.1, -0.05) is 29.3 Å². The predicted octanol–water partition coefficient (Wildman–Crippen LogP) is 4.16. The Balaban J connectivity index is 1.63. The first-order valence-electron chi connectivity index (χ1n) is 8.23. The minimum Gasteiger partial charge on any atom is -0.494 e. The summed E-state index contributed by atoms with van der Waals surface area (Å²) in [4.78, 5) is 12.3. The molecule has 3 aromatic rings. The van der Waals surface area contributed by atoms with Gasteiger partial charge in [0.05, 0.1) is 12.9 Å². The number of halogens is 2. The van der Waals surface area contributed by atoms with Gasteiger partial charge in [0, 0.05) is 21.5 Å². The van der Waals surface area contributed by atoms with E-state index in [-0.39, 0.29) is 11.7 Å². The second kappa shape index (κ2) is 9.27. The van der Waals surface area contributed by atoms with Crippen LogP contribution in [-0.4, -0.2) is 39.0 Å². The molecule has 3 rings (SSSR count). The molecule has 0 atom stereocenters. The molecule has 0 aliphatic carbocycles. The van der Waals surface area contributed by atoms with Gasteiger partial charge in [-0.2, -0.15) is 4.68 Å². The lowest BCUT2D eigenvalue weighted by Crippen LogP contribution is -2.14. The maximum Gasteiger partial charge on any atom is 0.234 e. The molecule has 10 heteroatoms. The van der Waals surface area contributed by atoms with Gasteiger partial charge >= 0.3 is 0 Å². The summed E-state index contributed by atoms with van der Waals surface area (Å²) in [7, 11) is 1.56. The molecule has 0 unspecified atom stereocenters. The Bertz CT molecular complexity index is 996. The molecule has 0 saturated carbocycles. The number of hydrogen-bond acceptors (Lipinski definition) is 6. The molecule has 2 aromatic carbocycles. The number of nitrogens with one attached hydrogen (secondary N) is 1. The number of tetrazole rings is 1. The predicted molar refractivity (Wildman–Crippen MR) is 112 cm³/mol. The third-order valence-electron chi connectivity index (χ3n) is 3.82. The Morgan fingerprint density at radius 1 is 1.25 bits per heavy atom. The zero-order valence-electron chi connectivity index (χ0n) is 15.1. The summed E-state index contributed by atoms with van der Waals surface area (Å²) >= 11 is 13.5. The monoisotopic (exact) mass is 437 g/mol. The Labute approximate surface area is 176 Å². The number of benzene rings is 2. The van der Waals surface area contributed by atoms with E-state index < -0.39 is 0 Å². The Morgan fingerprint density at radius 3 is 2.75 bits per heavy atom. The molecule has 0 bridgehead atoms. The van der Waals surface area contributed by atoms with Crippen LogP contribution in [0.2, 0.25) is 10.0 Å². The van der Waals surface area contributed by atoms with Crippen molar-refractivity contribution in [2.75, 3.05) is 18.2 Å². The smallest absolute Gasteiger partial charge is 0.234 e. The number of hydrogen-bond donors (Lipinski definition) is 1. The van der Waals surface area contributed by atoms with Gasteiger partial charge in [0.2, 0.25) is 5.91 Å². The molecule has 0 radical (unpaired) electrons. The van der Waals surface area contributed by atoms with Gasteiger partial charge in [0.1, 0.15) is 11.4 Å². The standard InChI is InChI=1S/C18H17Cl2N5O2S/c1-11-22-23-24-25(11)16-8-14(5-6-17(16)27-2)21-18(26)10-28-9-12-3-4-13(19)7-15(12)20/h3-8H,9-10H2,1-2H3,(H,21,26). The van der Waals surface area contributed by atoms with Crippen LogP contribution in [-0.2, 0) is 10.5 Å². The van der Waals surface area contributed by atoms with Gasteiger partial charge in [0.15, 0.2) is 5.82 Å². The third-order valence-corrected chi connectivity index (χ3v) is 5.39. The van der Waals surface area contributed by atoms with Gasteiger partial charge in [-0.3, -0.25) is 4.79 Å². The van der Waals surface area contributed by atoms with Crippen molar-refractivity contribution in [3.8, 4) is 11.4 Å². The molecule has 1 N–H and O–H groups in total. The number of carbonyl (C=O) groups is 1. The summed E-state index contributed by atoms with van der Waals surface area (Å²) in [6, 6.07) is 10.6. The van der Waals surface area contributed by atoms with Crippen molar-refractivity contribution < 1.29 is 9.53 Å². The lowest BCUT2D eigenvalue weighted by molar-refractivity contribution is -0.113. The number of rotatable bonds is 7. The highest BCUT2D eigenvalue weighted by Gasteiger charge is 2.12. The van der Waals surface area contributed by atoms with Crippen LogP contribution in [0, 0.1) is 6.92 Å². The second-order valence-corrected chi connectivity index (χ2v) is 7.63. The molecular weight excluding hydrogens is 421 g/mol. The maximum absolute atomic E-state index is 12.3. The van der Waals surface area contributed by atoms with Crippen LogP contribution >= 0.6 is 35.0 Å². The summed E-state index contributed by atoms with van der Waals surface area (Å²) in [5, 5.41) is 15.5. The summed E-state index contributed by atoms with van der Waals surface area (Å²) in [5.74, 6) is 1.97. The number of thioether (sulfide) groups is 1. The van der Waals surface area contributed by atoms with Gasteiger partial charge in [0.25, 0.3) is 0 Å². The fourth-order valence-corrected chi connectivity index (χ4v) is 3.86. The molecule has 7 nitrogen and oxygen atoms in total. The number of anilines is 1. The molecule has 0 spiro atoms. The van der Waals surface area contributed by atoms with Crippen LogP contribution in [0.4, 0.5) is 5.69 Å². The lowest BCUT2D eigenvalue weighted by Gasteiger charge is -2.12. The van der Waals surface area contributed by atoms with Gasteiger partial charge in [-0.25, -0.2) is 0 Å². The first-order valence-corrected chi connectivity index (χ1v) is 10.1. The zero-order valence-corrected chi connectivity index (χ0v) is 17.5. The van der Waals surface area contributed by atoms with Gasteiger partial charge in [-0.05, 0) is 53.2 Å². The number of aryl methyl sites for hydroxylation is 1. The first kappa shape index (κ1) is 20.4. The topological polar surface area (TPSA) is 81.9 Å². The fourth-order valence-electron chi connectivity index (χ4n) is 2.48. The van der Waals surface area contributed by atoms with Crippen LogP contribution in [0.25, 0.3) is 5.69 Å². The SMILES string of the molecule is COc1ccc(NC(=O)CSCc2ccc(Cl)cc2Cl)cc1-n1nnnc1C. The van der Waals surface area contributed by atoms with Crippen molar-refractivity contribution in [3.05, 3.63) is 57.8 Å². The number of nitrogens with zero attached hydrogens (tertiary/aromatic N) is 4. The van der Waals surface area contributed by atoms with E-state index in [9.17, 15) is 4.79 Å². The van der Waals surface area contributed by atoms with Crippen molar-refractivity contribution in [2.45, 2.75) is 12.7 Å². The summed E-state index contributed by atoms with van der Waals surface area (Å²) in [6.45, 7) is 1.78. The number of aromatic nitrogens is 4. The van der Waals surface area contributed by atoms with Crippen LogP contribution in [0.1, 0.15) is 11.4 Å². The normalized spacial score (nSPS) is 10.7. The highest BCUT2D eigenvalue weighted by molar-refractivity contribution is 7.99. The zero-order chi connectivity index (χ0) is 20.1. The van der Waals surface area contributed by atoms with E-state index in [1.165, 1.54) is 11.8 Å². The van der Waals surface area contributed by atoms with E-state index in [0.29, 0.717) is 38.7 Å². The Kier molecular flexibility index (Phi) is 6.77. The maximum atomic E-state index is 12.3. The van der Waals surface area contributed by atoms with Crippen LogP contribution < -0.4 is 10.1 Å². The molecule has 28 heavy (non-hydrogen) atoms. The Morgan fingerprint density at radius 2 is 2.07 bits per heavy atom. The van der Waals surface area contributed by atoms with E-state index in [1.54, 1.807) is 49.0 Å². The van der Waals surface area contributed by atoms with Crippen molar-refractivity contribution >= 4 is 46.6 Å². The van der Waals surface area contributed by atoms with Crippen molar-refractivity contribution in [2.24, 2.45) is 0 Å². The van der Waals surface area contributed by atoms with E-state index in [2.05, 4.69) is 20.8 Å². The van der Waals surface area contributed by atoms with Crippen molar-refractivity contribution in [1.82, 2.24) is 20.2 Å². The van der Waals surface area contributed by atoms with Crippen molar-refractivity contribution in [1.29, 1.82) is 0 Å². The third kappa shape index (κ3) is 4.95. The molecule has 146 valence electrons. The van der Waals surface area contributed by atoms with Crippen LogP contribution in [0.15, 0.2) is 36.4 Å². The van der Waals surface area contributed by atoms with Crippen LogP contribution in [0.5, 0.6) is 5.75 Å². The Hall–Kier alpha value is -2.29. The summed E-state index contributed by atoms with van der Waals surface area (Å²) in [5.41, 5.74) is 2.20. The van der Waals surface area contributed by atoms with E-state index in [4.69, 9.17) is 27.9 Å². The quantitative estimate of drug-likeness (QED) is 0.597. The minimum absolute atomic E-state index is 0.125. The molecular formula is C18H17Cl2N5O2S. The lowest BCUT2D eigenvalue weighted by atomic mass is 10.2. The molecule has 1 heterocycles. The fraction of sp³-hybridized carbons (Fsp3) is 0.222. The van der Waals surface area contributed by atoms with E-state index in [0.717, 1.165) is 5.56 Å². The largest absolute Gasteiger partial charge is 0.494 e. The van der Waals surface area contributed by atoms with Gasteiger partial charge in [-0.15, -0.1) is 16.9 Å². The van der Waals surface area contributed by atoms with E-state index in [1.807, 2.05) is 6.07 Å². The molecule has 1 aromatic heterocycles. The molecule has 0 aliphatic rings. The second-order valence-electron chi connectivity index (χ2n) is 5.80. The number of carbonyl (C=O) groups excluding carboxylic acids is 1. The average molecular weight is 438 g/mol. The molecule has 0 saturated heterocycles. The van der Waals surface area contributed by atoms with Crippen molar-refractivity contribution in [3.63, 3.8) is 0 Å². The number of methoxy groups -OCH3 is 1. The molecule has 0 fully saturated rings. The minimum atomic E-state index is -0.125. The van der Waals surface area contributed by atoms with Gasteiger partial charge < -0.3 is 10.1 Å². The first-order chi connectivity index (χ1) is 13.5. The molecule has 1 amide bonds. The van der Waals surface area contributed by atoms with E-state index >= 15 is 0 Å². The summed E-state index contributed by atoms with van der Waals surface area (Å²) < 4.78 is 6.91. The van der Waals surface area contributed by atoms with Crippen LogP contribution in [0.3, 0.4) is 0 Å².